The molecule has 0 bridgehead atoms. The maximum Gasteiger partial charge on any atom is 0.305 e. The molecule has 0 unspecified atom stereocenters. The number of carbonyl (C=O) groups is 2. The van der Waals surface area contributed by atoms with Gasteiger partial charge in [-0.2, -0.15) is 0 Å². The van der Waals surface area contributed by atoms with E-state index in [1.54, 1.807) is 0 Å². The number of rotatable bonds is 6. The van der Waals surface area contributed by atoms with Crippen molar-refractivity contribution in [3.63, 3.8) is 0 Å². The van der Waals surface area contributed by atoms with E-state index >= 15 is 0 Å². The van der Waals surface area contributed by atoms with E-state index in [-0.39, 0.29) is 16.4 Å². The second-order valence-corrected chi connectivity index (χ2v) is 6.96. The summed E-state index contributed by atoms with van der Waals surface area (Å²) in [5.74, 6) is -2.43. The lowest BCUT2D eigenvalue weighted by Crippen LogP contribution is -2.30. The average Bonchev–Trinajstić information content (AvgIpc) is 3.03. The van der Waals surface area contributed by atoms with Crippen molar-refractivity contribution in [2.45, 2.75) is 12.5 Å². The van der Waals surface area contributed by atoms with E-state index in [0.29, 0.717) is 10.6 Å². The molecule has 1 aromatic heterocycles. The van der Waals surface area contributed by atoms with Crippen LogP contribution in [-0.4, -0.2) is 26.8 Å². The zero-order valence-corrected chi connectivity index (χ0v) is 16.2. The standard InChI is InChI=1S/C19H14Cl2FN3O4/c20-10-4-5-13(14(21)6-10)15(9-18(27)28)23-19(29)16-8-17(26)25(24-16)12-3-1-2-11(22)7-12/h1-8,15,24H,9H2,(H,23,29)(H,27,28)/t15-/m0/s1. The number of nitrogens with zero attached hydrogens (tertiary/aromatic N) is 1. The number of benzene rings is 2. The summed E-state index contributed by atoms with van der Waals surface area (Å²) in [6.45, 7) is 0. The summed E-state index contributed by atoms with van der Waals surface area (Å²) < 4.78 is 14.4. The van der Waals surface area contributed by atoms with Crippen molar-refractivity contribution in [1.82, 2.24) is 15.1 Å². The second kappa shape index (κ2) is 8.50. The number of hydrogen-bond acceptors (Lipinski definition) is 3. The summed E-state index contributed by atoms with van der Waals surface area (Å²) in [4.78, 5) is 36.0. The normalized spacial score (nSPS) is 11.8. The molecular weight excluding hydrogens is 424 g/mol. The number of carbonyl (C=O) groups excluding carboxylic acids is 1. The van der Waals surface area contributed by atoms with Crippen LogP contribution >= 0.6 is 23.2 Å². The predicted octanol–water partition coefficient (Wildman–Crippen LogP) is 3.56. The quantitative estimate of drug-likeness (QED) is 0.548. The zero-order valence-electron chi connectivity index (χ0n) is 14.7. The maximum atomic E-state index is 13.4. The Morgan fingerprint density at radius 2 is 1.93 bits per heavy atom. The van der Waals surface area contributed by atoms with Gasteiger partial charge in [0, 0.05) is 16.1 Å². The van der Waals surface area contributed by atoms with Crippen LogP contribution in [0.3, 0.4) is 0 Å². The van der Waals surface area contributed by atoms with E-state index < -0.39 is 35.7 Å². The molecule has 0 radical (unpaired) electrons. The molecule has 7 nitrogen and oxygen atoms in total. The van der Waals surface area contributed by atoms with Crippen LogP contribution in [-0.2, 0) is 4.79 Å². The minimum atomic E-state index is -1.16. The molecule has 0 aliphatic rings. The van der Waals surface area contributed by atoms with Crippen molar-refractivity contribution in [2.75, 3.05) is 0 Å². The van der Waals surface area contributed by atoms with Crippen molar-refractivity contribution < 1.29 is 19.1 Å². The van der Waals surface area contributed by atoms with Crippen molar-refractivity contribution in [3.05, 3.63) is 86.0 Å². The molecule has 0 saturated heterocycles. The van der Waals surface area contributed by atoms with Gasteiger partial charge in [0.15, 0.2) is 0 Å². The van der Waals surface area contributed by atoms with Crippen LogP contribution < -0.4 is 10.9 Å². The van der Waals surface area contributed by atoms with Gasteiger partial charge in [-0.1, -0.05) is 35.3 Å². The Hall–Kier alpha value is -3.10. The van der Waals surface area contributed by atoms with Gasteiger partial charge < -0.3 is 10.4 Å². The number of halogens is 3. The van der Waals surface area contributed by atoms with Crippen LogP contribution in [0.5, 0.6) is 0 Å². The lowest BCUT2D eigenvalue weighted by Gasteiger charge is -2.18. The van der Waals surface area contributed by atoms with Crippen LogP contribution in [0.25, 0.3) is 5.69 Å². The van der Waals surface area contributed by atoms with Gasteiger partial charge in [0.05, 0.1) is 18.2 Å². The Morgan fingerprint density at radius 3 is 2.59 bits per heavy atom. The van der Waals surface area contributed by atoms with Crippen LogP contribution in [0, 0.1) is 5.82 Å². The third-order valence-corrected chi connectivity index (χ3v) is 4.62. The summed E-state index contributed by atoms with van der Waals surface area (Å²) in [6.07, 6.45) is -0.443. The van der Waals surface area contributed by atoms with Gasteiger partial charge in [0.2, 0.25) is 0 Å². The van der Waals surface area contributed by atoms with Gasteiger partial charge >= 0.3 is 5.97 Å². The van der Waals surface area contributed by atoms with Crippen LogP contribution in [0.2, 0.25) is 10.0 Å². The van der Waals surface area contributed by atoms with Crippen LogP contribution in [0.4, 0.5) is 4.39 Å². The molecule has 3 aromatic rings. The largest absolute Gasteiger partial charge is 0.481 e. The number of H-pyrrole nitrogens is 1. The SMILES string of the molecule is O=C(O)C[C@H](NC(=O)c1cc(=O)n(-c2cccc(F)c2)[nH]1)c1ccc(Cl)cc1Cl. The van der Waals surface area contributed by atoms with Crippen molar-refractivity contribution >= 4 is 35.1 Å². The van der Waals surface area contributed by atoms with Gasteiger partial charge in [0.25, 0.3) is 11.5 Å². The molecule has 0 saturated carbocycles. The van der Waals surface area contributed by atoms with E-state index in [0.717, 1.165) is 16.8 Å². The average molecular weight is 438 g/mol. The van der Waals surface area contributed by atoms with Gasteiger partial charge in [-0.15, -0.1) is 0 Å². The van der Waals surface area contributed by atoms with E-state index in [2.05, 4.69) is 10.4 Å². The van der Waals surface area contributed by atoms with Crippen molar-refractivity contribution in [1.29, 1.82) is 0 Å². The number of carboxylic acids is 1. The molecule has 2 aromatic carbocycles. The Morgan fingerprint density at radius 1 is 1.17 bits per heavy atom. The van der Waals surface area contributed by atoms with E-state index in [4.69, 9.17) is 23.2 Å². The molecule has 0 aliphatic heterocycles. The highest BCUT2D eigenvalue weighted by Gasteiger charge is 2.23. The smallest absolute Gasteiger partial charge is 0.305 e. The summed E-state index contributed by atoms with van der Waals surface area (Å²) >= 11 is 12.0. The lowest BCUT2D eigenvalue weighted by molar-refractivity contribution is -0.137. The minimum absolute atomic E-state index is 0.125. The molecule has 150 valence electrons. The summed E-state index contributed by atoms with van der Waals surface area (Å²) in [7, 11) is 0. The van der Waals surface area contributed by atoms with Crippen LogP contribution in [0.15, 0.2) is 53.3 Å². The molecule has 1 atom stereocenters. The van der Waals surface area contributed by atoms with Crippen molar-refractivity contribution in [2.24, 2.45) is 0 Å². The minimum Gasteiger partial charge on any atom is -0.481 e. The topological polar surface area (TPSA) is 104 Å². The Kier molecular flexibility index (Phi) is 6.05. The first-order chi connectivity index (χ1) is 13.7. The monoisotopic (exact) mass is 437 g/mol. The number of nitrogens with one attached hydrogen (secondary N) is 2. The summed E-state index contributed by atoms with van der Waals surface area (Å²) in [5.41, 5.74) is -0.143. The fourth-order valence-corrected chi connectivity index (χ4v) is 3.29. The Labute approximate surface area is 173 Å². The maximum absolute atomic E-state index is 13.4. The first-order valence-electron chi connectivity index (χ1n) is 8.30. The molecule has 0 fully saturated rings. The van der Waals surface area contributed by atoms with Crippen molar-refractivity contribution in [3.8, 4) is 5.69 Å². The Balaban J connectivity index is 1.89. The third-order valence-electron chi connectivity index (χ3n) is 4.05. The summed E-state index contributed by atoms with van der Waals surface area (Å²) in [5, 5.41) is 14.8. The third kappa shape index (κ3) is 4.85. The molecule has 1 amide bonds. The first kappa shape index (κ1) is 20.6. The van der Waals surface area contributed by atoms with Gasteiger partial charge in [-0.25, -0.2) is 9.07 Å². The molecular formula is C19H14Cl2FN3O4. The van der Waals surface area contributed by atoms with Gasteiger partial charge in [-0.3, -0.25) is 19.5 Å². The van der Waals surface area contributed by atoms with Gasteiger partial charge in [-0.05, 0) is 35.9 Å². The molecule has 3 rings (SSSR count). The zero-order chi connectivity index (χ0) is 21.1. The molecule has 0 spiro atoms. The number of aromatic amines is 1. The van der Waals surface area contributed by atoms with Gasteiger partial charge in [0.1, 0.15) is 11.5 Å². The number of hydrogen-bond donors (Lipinski definition) is 3. The first-order valence-corrected chi connectivity index (χ1v) is 9.06. The Bertz CT molecular complexity index is 1140. The highest BCUT2D eigenvalue weighted by molar-refractivity contribution is 6.35. The van der Waals surface area contributed by atoms with E-state index in [1.165, 1.54) is 36.4 Å². The molecule has 10 heteroatoms. The molecule has 0 aliphatic carbocycles. The molecule has 3 N–H and O–H groups in total. The van der Waals surface area contributed by atoms with E-state index in [1.807, 2.05) is 0 Å². The fourth-order valence-electron chi connectivity index (χ4n) is 2.75. The van der Waals surface area contributed by atoms with Crippen LogP contribution in [0.1, 0.15) is 28.5 Å². The predicted molar refractivity (Wildman–Crippen MR) is 105 cm³/mol. The highest BCUT2D eigenvalue weighted by atomic mass is 35.5. The number of carboxylic acid groups (broad SMARTS) is 1. The summed E-state index contributed by atoms with van der Waals surface area (Å²) in [6, 6.07) is 9.78. The second-order valence-electron chi connectivity index (χ2n) is 6.11. The number of aromatic nitrogens is 2. The molecule has 29 heavy (non-hydrogen) atoms. The fraction of sp³-hybridized carbons (Fsp3) is 0.105. The lowest BCUT2D eigenvalue weighted by atomic mass is 10.0. The number of aliphatic carboxylic acids is 1. The highest BCUT2D eigenvalue weighted by Crippen LogP contribution is 2.28. The molecule has 1 heterocycles. The van der Waals surface area contributed by atoms with E-state index in [9.17, 15) is 23.9 Å². The number of amides is 1.